The smallest absolute Gasteiger partial charge is 0.419 e. The molecule has 10 heteroatoms. The monoisotopic (exact) mass is 351 g/mol. The summed E-state index contributed by atoms with van der Waals surface area (Å²) in [5, 5.41) is 14.8. The van der Waals surface area contributed by atoms with Gasteiger partial charge in [0.05, 0.1) is 4.92 Å². The molecule has 25 heavy (non-hydrogen) atoms. The number of anilines is 2. The molecule has 0 spiro atoms. The number of benzene rings is 1. The molecule has 1 aromatic carbocycles. The molecule has 1 heterocycles. The van der Waals surface area contributed by atoms with E-state index in [1.807, 2.05) is 24.3 Å². The van der Waals surface area contributed by atoms with Gasteiger partial charge in [-0.05, 0) is 31.5 Å². The maximum Gasteiger partial charge on any atom is 1.00 e. The van der Waals surface area contributed by atoms with E-state index in [-0.39, 0.29) is 41.2 Å². The van der Waals surface area contributed by atoms with Crippen molar-refractivity contribution in [2.24, 2.45) is 5.10 Å². The maximum absolute atomic E-state index is 11.0. The summed E-state index contributed by atoms with van der Waals surface area (Å²) >= 11 is 0. The van der Waals surface area contributed by atoms with E-state index in [0.717, 1.165) is 30.7 Å². The van der Waals surface area contributed by atoms with Crippen LogP contribution in [-0.4, -0.2) is 34.2 Å². The third kappa shape index (κ3) is 5.38. The molecule has 0 unspecified atom stereocenters. The van der Waals surface area contributed by atoms with Crippen molar-refractivity contribution in [3.8, 4) is 0 Å². The van der Waals surface area contributed by atoms with Crippen molar-refractivity contribution < 1.29 is 34.5 Å². The molecule has 0 fully saturated rings. The number of nitrogen functional groups attached to an aromatic ring is 1. The molecule has 0 saturated carbocycles. The Morgan fingerprint density at radius 2 is 1.92 bits per heavy atom. The van der Waals surface area contributed by atoms with Gasteiger partial charge in [-0.1, -0.05) is 12.1 Å². The molecular formula is C15H18N7NaO2. The second kappa shape index (κ2) is 9.92. The molecule has 9 nitrogen and oxygen atoms in total. The Labute approximate surface area is 167 Å². The molecule has 0 saturated heterocycles. The van der Waals surface area contributed by atoms with Gasteiger partial charge in [-0.2, -0.15) is 0 Å². The molecule has 1 aromatic heterocycles. The number of hydrogen-bond donors (Lipinski definition) is 1. The summed E-state index contributed by atoms with van der Waals surface area (Å²) in [6.07, 6.45) is 2.60. The van der Waals surface area contributed by atoms with Gasteiger partial charge in [0.25, 0.3) is 0 Å². The minimum absolute atomic E-state index is 0. The van der Waals surface area contributed by atoms with Crippen LogP contribution in [-0.2, 0) is 0 Å². The Kier molecular flexibility index (Phi) is 8.26. The SMILES string of the molecule is CCN(CC)c1ccc(/C=N/[N-]c2ncnc(N)c2[N+](=O)[O-])cc1.[Na+]. The summed E-state index contributed by atoms with van der Waals surface area (Å²) in [6.45, 7) is 6.05. The van der Waals surface area contributed by atoms with Gasteiger partial charge in [-0.3, -0.25) is 15.2 Å². The molecule has 2 N–H and O–H groups in total. The van der Waals surface area contributed by atoms with E-state index in [2.05, 4.69) is 39.2 Å². The third-order valence-electron chi connectivity index (χ3n) is 3.39. The van der Waals surface area contributed by atoms with Crippen molar-refractivity contribution in [3.05, 3.63) is 51.7 Å². The third-order valence-corrected chi connectivity index (χ3v) is 3.39. The quantitative estimate of drug-likeness (QED) is 0.320. The number of hydrogen-bond acceptors (Lipinski definition) is 7. The molecule has 0 amide bonds. The van der Waals surface area contributed by atoms with Gasteiger partial charge in [-0.15, -0.1) is 0 Å². The predicted molar refractivity (Wildman–Crippen MR) is 93.7 cm³/mol. The van der Waals surface area contributed by atoms with E-state index in [0.29, 0.717) is 0 Å². The summed E-state index contributed by atoms with van der Waals surface area (Å²) in [5.74, 6) is -0.420. The van der Waals surface area contributed by atoms with Gasteiger partial charge in [0.1, 0.15) is 0 Å². The van der Waals surface area contributed by atoms with Crippen LogP contribution in [0.5, 0.6) is 0 Å². The zero-order valence-corrected chi connectivity index (χ0v) is 16.5. The first-order chi connectivity index (χ1) is 11.6. The van der Waals surface area contributed by atoms with Gasteiger partial charge in [0.2, 0.25) is 5.82 Å². The number of nitrogens with two attached hydrogens (primary N) is 1. The molecule has 0 aliphatic rings. The van der Waals surface area contributed by atoms with Crippen molar-refractivity contribution in [3.63, 3.8) is 0 Å². The largest absolute Gasteiger partial charge is 1.00 e. The Hall–Kier alpha value is -2.23. The second-order valence-corrected chi connectivity index (χ2v) is 4.80. The fourth-order valence-corrected chi connectivity index (χ4v) is 2.14. The van der Waals surface area contributed by atoms with Crippen LogP contribution in [0, 0.1) is 10.1 Å². The molecule has 2 rings (SSSR count). The number of aromatic nitrogens is 2. The van der Waals surface area contributed by atoms with Crippen molar-refractivity contribution in [1.29, 1.82) is 0 Å². The van der Waals surface area contributed by atoms with Crippen LogP contribution in [0.2, 0.25) is 0 Å². The van der Waals surface area contributed by atoms with Crippen LogP contribution < -0.4 is 40.2 Å². The number of nitro groups is 1. The van der Waals surface area contributed by atoms with Crippen LogP contribution >= 0.6 is 0 Å². The summed E-state index contributed by atoms with van der Waals surface area (Å²) < 4.78 is 0. The summed E-state index contributed by atoms with van der Waals surface area (Å²) in [5.41, 5.74) is 10.7. The summed E-state index contributed by atoms with van der Waals surface area (Å²) in [4.78, 5) is 19.8. The zero-order valence-electron chi connectivity index (χ0n) is 14.5. The first-order valence-electron chi connectivity index (χ1n) is 7.40. The fourth-order valence-electron chi connectivity index (χ4n) is 2.14. The van der Waals surface area contributed by atoms with Crippen LogP contribution in [0.1, 0.15) is 19.4 Å². The molecular weight excluding hydrogens is 333 g/mol. The molecule has 0 bridgehead atoms. The van der Waals surface area contributed by atoms with Gasteiger partial charge in [0, 0.05) is 37.1 Å². The average Bonchev–Trinajstić information content (AvgIpc) is 2.57. The first-order valence-corrected chi connectivity index (χ1v) is 7.40. The molecule has 2 aromatic rings. The van der Waals surface area contributed by atoms with Gasteiger partial charge in [-0.25, -0.2) is 4.98 Å². The fraction of sp³-hybridized carbons (Fsp3) is 0.267. The molecule has 0 aliphatic carbocycles. The molecule has 0 aliphatic heterocycles. The molecule has 0 atom stereocenters. The van der Waals surface area contributed by atoms with Crippen LogP contribution in [0.15, 0.2) is 35.7 Å². The maximum atomic E-state index is 11.0. The van der Waals surface area contributed by atoms with Crippen molar-refractivity contribution in [2.75, 3.05) is 23.7 Å². The van der Waals surface area contributed by atoms with Gasteiger partial charge < -0.3 is 21.0 Å². The van der Waals surface area contributed by atoms with E-state index in [4.69, 9.17) is 5.73 Å². The Bertz CT molecular complexity index is 733. The van der Waals surface area contributed by atoms with Crippen LogP contribution in [0.3, 0.4) is 0 Å². The molecule has 0 radical (unpaired) electrons. The van der Waals surface area contributed by atoms with E-state index >= 15 is 0 Å². The normalized spacial score (nSPS) is 10.3. The number of nitrogens with zero attached hydrogens (tertiary/aromatic N) is 6. The van der Waals surface area contributed by atoms with Crippen molar-refractivity contribution in [1.82, 2.24) is 9.97 Å². The van der Waals surface area contributed by atoms with E-state index in [9.17, 15) is 10.1 Å². The predicted octanol–water partition coefficient (Wildman–Crippen LogP) is -0.143. The minimum Gasteiger partial charge on any atom is -0.419 e. The van der Waals surface area contributed by atoms with E-state index in [1.54, 1.807) is 0 Å². The van der Waals surface area contributed by atoms with Crippen molar-refractivity contribution in [2.45, 2.75) is 13.8 Å². The zero-order chi connectivity index (χ0) is 17.5. The standard InChI is InChI=1S/C15H18N7O2.Na/c1-3-21(4-2)12-7-5-11(6-8-12)9-19-20-15-13(22(23)24)14(16)17-10-18-15;/h5-10H,3-4H2,1-2H3,(H2-,16,17,18,20);/q-1;+1/b19-9+;. The average molecular weight is 351 g/mol. The minimum atomic E-state index is -0.678. The van der Waals surface area contributed by atoms with Gasteiger partial charge in [0.15, 0.2) is 0 Å². The Morgan fingerprint density at radius 1 is 1.28 bits per heavy atom. The second-order valence-electron chi connectivity index (χ2n) is 4.80. The van der Waals surface area contributed by atoms with Crippen molar-refractivity contribution >= 4 is 29.2 Å². The Morgan fingerprint density at radius 3 is 2.48 bits per heavy atom. The first kappa shape index (κ1) is 20.8. The summed E-state index contributed by atoms with van der Waals surface area (Å²) in [6, 6.07) is 7.77. The Balaban J connectivity index is 0.00000312. The topological polar surface area (TPSA) is 125 Å². The summed E-state index contributed by atoms with van der Waals surface area (Å²) in [7, 11) is 0. The van der Waals surface area contributed by atoms with Gasteiger partial charge >= 0.3 is 35.2 Å². The van der Waals surface area contributed by atoms with E-state index in [1.165, 1.54) is 6.21 Å². The van der Waals surface area contributed by atoms with E-state index < -0.39 is 10.6 Å². The number of rotatable bonds is 7. The molecule has 126 valence electrons. The van der Waals surface area contributed by atoms with Crippen LogP contribution in [0.25, 0.3) is 5.43 Å². The van der Waals surface area contributed by atoms with Crippen LogP contribution in [0.4, 0.5) is 23.0 Å².